The molecular formula is C36H33NO4. The van der Waals surface area contributed by atoms with Gasteiger partial charge in [-0.3, -0.25) is 9.69 Å². The number of benzene rings is 3. The smallest absolute Gasteiger partial charge is 0.335 e. The van der Waals surface area contributed by atoms with Crippen molar-refractivity contribution in [1.82, 2.24) is 0 Å². The number of carbonyl (C=O) groups excluding carboxylic acids is 1. The lowest BCUT2D eigenvalue weighted by Gasteiger charge is -2.29. The highest BCUT2D eigenvalue weighted by Gasteiger charge is 2.31. The molecule has 6 rings (SSSR count). The summed E-state index contributed by atoms with van der Waals surface area (Å²) in [5.74, 6) is -0.215. The van der Waals surface area contributed by atoms with Gasteiger partial charge in [0.25, 0.3) is 0 Å². The number of carbonyl (C=O) groups is 2. The Bertz CT molecular complexity index is 1580. The molecule has 0 saturated heterocycles. The van der Waals surface area contributed by atoms with Gasteiger partial charge in [-0.2, -0.15) is 0 Å². The van der Waals surface area contributed by atoms with E-state index >= 15 is 0 Å². The van der Waals surface area contributed by atoms with Gasteiger partial charge in [-0.15, -0.1) is 0 Å². The second-order valence-electron chi connectivity index (χ2n) is 10.9. The summed E-state index contributed by atoms with van der Waals surface area (Å²) in [6.45, 7) is 0. The van der Waals surface area contributed by atoms with Crippen molar-refractivity contribution in [2.24, 2.45) is 0 Å². The monoisotopic (exact) mass is 543 g/mol. The first kappa shape index (κ1) is 26.6. The lowest BCUT2D eigenvalue weighted by Crippen LogP contribution is -2.32. The van der Waals surface area contributed by atoms with Crippen LogP contribution in [0.3, 0.4) is 0 Å². The van der Waals surface area contributed by atoms with Crippen molar-refractivity contribution in [3.63, 3.8) is 0 Å². The van der Waals surface area contributed by atoms with Crippen molar-refractivity contribution in [1.29, 1.82) is 0 Å². The van der Waals surface area contributed by atoms with Crippen molar-refractivity contribution < 1.29 is 19.1 Å². The van der Waals surface area contributed by atoms with Crippen molar-refractivity contribution in [3.05, 3.63) is 132 Å². The molecule has 2 aliphatic carbocycles. The van der Waals surface area contributed by atoms with E-state index < -0.39 is 11.9 Å². The third-order valence-electron chi connectivity index (χ3n) is 8.30. The summed E-state index contributed by atoms with van der Waals surface area (Å²) in [5, 5.41) is 9.38. The lowest BCUT2D eigenvalue weighted by atomic mass is 9.82. The number of amides is 1. The van der Waals surface area contributed by atoms with Crippen molar-refractivity contribution in [3.8, 4) is 11.3 Å². The Kier molecular flexibility index (Phi) is 7.68. The zero-order chi connectivity index (χ0) is 28.2. The minimum absolute atomic E-state index is 0.0553. The van der Waals surface area contributed by atoms with Crippen molar-refractivity contribution >= 4 is 23.3 Å². The summed E-state index contributed by atoms with van der Waals surface area (Å²) in [4.78, 5) is 28.0. The topological polar surface area (TPSA) is 70.8 Å². The maximum Gasteiger partial charge on any atom is 0.335 e. The number of rotatable bonds is 8. The third kappa shape index (κ3) is 5.66. The van der Waals surface area contributed by atoms with Crippen LogP contribution in [0.2, 0.25) is 0 Å². The first-order valence-electron chi connectivity index (χ1n) is 14.4. The van der Waals surface area contributed by atoms with Crippen LogP contribution in [0.1, 0.15) is 71.0 Å². The SMILES string of the molecule is O=C(O)c1ccc(CC(C(=O)N(c2ccccc2)c2ccc3occcc2-3)c2ccc(C3CCCCC3)cc2)cc1. The largest absolute Gasteiger partial charge is 0.478 e. The van der Waals surface area contributed by atoms with E-state index in [1.54, 1.807) is 23.3 Å². The average molecular weight is 544 g/mol. The normalized spacial score (nSPS) is 14.5. The number of aromatic carboxylic acids is 1. The summed E-state index contributed by atoms with van der Waals surface area (Å²) in [5.41, 5.74) is 5.82. The van der Waals surface area contributed by atoms with Crippen molar-refractivity contribution in [2.45, 2.75) is 50.4 Å². The van der Waals surface area contributed by atoms with E-state index in [9.17, 15) is 14.7 Å². The Morgan fingerprint density at radius 3 is 2.24 bits per heavy atom. The minimum atomic E-state index is -0.966. The van der Waals surface area contributed by atoms with Crippen LogP contribution in [0.5, 0.6) is 0 Å². The molecule has 0 aromatic heterocycles. The molecule has 3 aromatic rings. The number of anilines is 2. The molecule has 5 nitrogen and oxygen atoms in total. The summed E-state index contributed by atoms with van der Waals surface area (Å²) < 4.78 is 5.71. The second kappa shape index (κ2) is 11.8. The number of carboxylic acid groups (broad SMARTS) is 1. The predicted molar refractivity (Wildman–Crippen MR) is 161 cm³/mol. The van der Waals surface area contributed by atoms with Crippen LogP contribution >= 0.6 is 0 Å². The van der Waals surface area contributed by atoms with Gasteiger partial charge >= 0.3 is 5.97 Å². The van der Waals surface area contributed by atoms with E-state index in [0.29, 0.717) is 18.1 Å². The second-order valence-corrected chi connectivity index (χ2v) is 10.9. The number of para-hydroxylation sites is 1. The van der Waals surface area contributed by atoms with Gasteiger partial charge in [-0.05, 0) is 90.4 Å². The van der Waals surface area contributed by atoms with E-state index in [1.807, 2.05) is 66.7 Å². The van der Waals surface area contributed by atoms with Crippen LogP contribution in [0, 0.1) is 0 Å². The highest BCUT2D eigenvalue weighted by Crippen LogP contribution is 2.41. The van der Waals surface area contributed by atoms with Gasteiger partial charge in [0.15, 0.2) is 0 Å². The van der Waals surface area contributed by atoms with Gasteiger partial charge in [-0.25, -0.2) is 4.79 Å². The van der Waals surface area contributed by atoms with Gasteiger partial charge in [0.05, 0.1) is 23.4 Å². The van der Waals surface area contributed by atoms with Crippen LogP contribution in [0.25, 0.3) is 11.3 Å². The molecule has 1 heterocycles. The van der Waals surface area contributed by atoms with Crippen LogP contribution in [0.4, 0.5) is 11.4 Å². The van der Waals surface area contributed by atoms with Crippen LogP contribution in [0.15, 0.2) is 114 Å². The number of hydrogen-bond donors (Lipinski definition) is 1. The van der Waals surface area contributed by atoms with E-state index in [2.05, 4.69) is 24.3 Å². The number of hydrogen-bond acceptors (Lipinski definition) is 3. The molecule has 1 fully saturated rings. The fourth-order valence-electron chi connectivity index (χ4n) is 6.09. The Labute approximate surface area is 240 Å². The molecule has 206 valence electrons. The number of nitrogens with zero attached hydrogens (tertiary/aromatic N) is 1. The van der Waals surface area contributed by atoms with Gasteiger partial charge < -0.3 is 9.52 Å². The van der Waals surface area contributed by atoms with E-state index in [-0.39, 0.29) is 11.5 Å². The Morgan fingerprint density at radius 1 is 0.805 bits per heavy atom. The highest BCUT2D eigenvalue weighted by atomic mass is 16.4. The molecule has 3 aromatic carbocycles. The van der Waals surface area contributed by atoms with Crippen LogP contribution in [-0.4, -0.2) is 17.0 Å². The molecule has 41 heavy (non-hydrogen) atoms. The maximum absolute atomic E-state index is 14.8. The fraction of sp³-hybridized carbons (Fsp3) is 0.222. The Balaban J connectivity index is 1.41. The lowest BCUT2D eigenvalue weighted by molar-refractivity contribution is -0.119. The molecule has 0 spiro atoms. The molecule has 1 saturated carbocycles. The third-order valence-corrected chi connectivity index (χ3v) is 8.30. The molecule has 3 aliphatic rings. The number of carboxylic acids is 1. The Hall–Kier alpha value is -4.64. The zero-order valence-electron chi connectivity index (χ0n) is 22.9. The summed E-state index contributed by atoms with van der Waals surface area (Å²) in [7, 11) is 0. The van der Waals surface area contributed by atoms with E-state index in [0.717, 1.165) is 28.1 Å². The van der Waals surface area contributed by atoms with Gasteiger partial charge in [-0.1, -0.05) is 73.9 Å². The van der Waals surface area contributed by atoms with Gasteiger partial charge in [0.2, 0.25) is 5.91 Å². The standard InChI is InChI=1S/C36H33NO4/c38-35(37(30-10-5-2-6-11-30)33-21-22-34-31(33)12-7-23-41-34)32(24-25-13-15-29(16-14-25)36(39)40)28-19-17-27(18-20-28)26-8-3-1-4-9-26/h2,5-7,10-23,26,32H,1,3-4,8-9,24H2,(H,39,40). The van der Waals surface area contributed by atoms with Gasteiger partial charge in [0.1, 0.15) is 5.76 Å². The highest BCUT2D eigenvalue weighted by molar-refractivity contribution is 6.07. The van der Waals surface area contributed by atoms with Crippen LogP contribution < -0.4 is 4.90 Å². The first-order chi connectivity index (χ1) is 20.1. The Morgan fingerprint density at radius 2 is 1.54 bits per heavy atom. The predicted octanol–water partition coefficient (Wildman–Crippen LogP) is 8.82. The minimum Gasteiger partial charge on any atom is -0.478 e. The molecule has 0 bridgehead atoms. The van der Waals surface area contributed by atoms with Crippen molar-refractivity contribution in [2.75, 3.05) is 4.90 Å². The summed E-state index contributed by atoms with van der Waals surface area (Å²) in [6, 6.07) is 32.8. The van der Waals surface area contributed by atoms with Gasteiger partial charge in [0, 0.05) is 11.3 Å². The van der Waals surface area contributed by atoms with Crippen LogP contribution in [-0.2, 0) is 11.2 Å². The summed E-state index contributed by atoms with van der Waals surface area (Å²) >= 11 is 0. The molecular weight excluding hydrogens is 510 g/mol. The average Bonchev–Trinajstić information content (AvgIpc) is 3.45. The molecule has 1 N–H and O–H groups in total. The molecule has 1 aliphatic heterocycles. The quantitative estimate of drug-likeness (QED) is 0.212. The molecule has 0 radical (unpaired) electrons. The molecule has 5 heteroatoms. The summed E-state index contributed by atoms with van der Waals surface area (Å²) in [6.07, 6.45) is 8.36. The fourth-order valence-corrected chi connectivity index (χ4v) is 6.09. The van der Waals surface area contributed by atoms with E-state index in [4.69, 9.17) is 4.42 Å². The molecule has 1 atom stereocenters. The number of fused-ring (bicyclic) bond motifs is 1. The molecule has 1 unspecified atom stereocenters. The first-order valence-corrected chi connectivity index (χ1v) is 14.4. The molecule has 1 amide bonds. The van der Waals surface area contributed by atoms with E-state index in [1.165, 1.54) is 37.7 Å². The maximum atomic E-state index is 14.8. The zero-order valence-corrected chi connectivity index (χ0v) is 22.9.